The minimum atomic E-state index is -3.64. The summed E-state index contributed by atoms with van der Waals surface area (Å²) in [6.07, 6.45) is 4.97. The molecule has 0 unspecified atom stereocenters. The van der Waals surface area contributed by atoms with E-state index in [-0.39, 0.29) is 11.4 Å². The van der Waals surface area contributed by atoms with Crippen LogP contribution >= 0.6 is 0 Å². The number of nitrogens with one attached hydrogen (secondary N) is 2. The molecule has 0 fully saturated rings. The molecule has 0 aromatic carbocycles. The Balaban J connectivity index is 2.01. The Kier molecular flexibility index (Phi) is 4.70. The topological polar surface area (TPSA) is 97.1 Å². The van der Waals surface area contributed by atoms with Crippen LogP contribution in [0.2, 0.25) is 0 Å². The van der Waals surface area contributed by atoms with Crippen LogP contribution in [-0.2, 0) is 16.6 Å². The largest absolute Gasteiger partial charge is 0.468 e. The van der Waals surface area contributed by atoms with Crippen LogP contribution in [0.25, 0.3) is 0 Å². The smallest absolute Gasteiger partial charge is 0.244 e. The number of hydrogen-bond acceptors (Lipinski definition) is 6. The highest BCUT2D eigenvalue weighted by Crippen LogP contribution is 2.09. The molecule has 0 saturated heterocycles. The van der Waals surface area contributed by atoms with Crippen LogP contribution in [0.1, 0.15) is 19.1 Å². The summed E-state index contributed by atoms with van der Waals surface area (Å²) in [6.45, 7) is 2.85. The molecule has 2 aromatic heterocycles. The molecule has 20 heavy (non-hydrogen) atoms. The molecule has 2 aromatic rings. The molecule has 0 saturated carbocycles. The van der Waals surface area contributed by atoms with E-state index in [1.807, 2.05) is 6.92 Å². The fraction of sp³-hybridized carbons (Fsp3) is 0.333. The van der Waals surface area contributed by atoms with Crippen molar-refractivity contribution in [2.24, 2.45) is 0 Å². The molecule has 0 spiro atoms. The van der Waals surface area contributed by atoms with E-state index < -0.39 is 10.0 Å². The van der Waals surface area contributed by atoms with Crippen LogP contribution in [0.15, 0.2) is 40.1 Å². The average molecular weight is 296 g/mol. The van der Waals surface area contributed by atoms with Gasteiger partial charge in [-0.1, -0.05) is 6.92 Å². The highest BCUT2D eigenvalue weighted by molar-refractivity contribution is 7.89. The van der Waals surface area contributed by atoms with Gasteiger partial charge in [0.1, 0.15) is 10.7 Å². The Morgan fingerprint density at radius 3 is 2.65 bits per heavy atom. The second-order valence-electron chi connectivity index (χ2n) is 4.07. The maximum atomic E-state index is 12.0. The minimum absolute atomic E-state index is 0.0195. The molecular weight excluding hydrogens is 280 g/mol. The molecule has 7 nitrogen and oxygen atoms in total. The van der Waals surface area contributed by atoms with Gasteiger partial charge in [-0.15, -0.1) is 0 Å². The third-order valence-electron chi connectivity index (χ3n) is 2.49. The maximum Gasteiger partial charge on any atom is 0.244 e. The lowest BCUT2D eigenvalue weighted by atomic mass is 10.5. The summed E-state index contributed by atoms with van der Waals surface area (Å²) in [5, 5.41) is 2.97. The number of furan rings is 1. The standard InChI is InChI=1S/C12H16N4O3S/c1-2-5-13-12-14-8-11(9-15-12)20(17,18)16-7-10-4-3-6-19-10/h3-4,6,8-9,16H,2,5,7H2,1H3,(H,13,14,15). The van der Waals surface area contributed by atoms with Crippen LogP contribution < -0.4 is 10.0 Å². The predicted octanol–water partition coefficient (Wildman–Crippen LogP) is 1.37. The van der Waals surface area contributed by atoms with Gasteiger partial charge < -0.3 is 9.73 Å². The summed E-state index contributed by atoms with van der Waals surface area (Å²) in [7, 11) is -3.64. The van der Waals surface area contributed by atoms with Gasteiger partial charge in [0.05, 0.1) is 25.2 Å². The summed E-state index contributed by atoms with van der Waals surface area (Å²) < 4.78 is 31.5. The monoisotopic (exact) mass is 296 g/mol. The van der Waals surface area contributed by atoms with E-state index in [1.165, 1.54) is 18.7 Å². The van der Waals surface area contributed by atoms with Gasteiger partial charge in [-0.05, 0) is 18.6 Å². The molecule has 2 N–H and O–H groups in total. The first kappa shape index (κ1) is 14.5. The van der Waals surface area contributed by atoms with Gasteiger partial charge in [-0.3, -0.25) is 0 Å². The highest BCUT2D eigenvalue weighted by atomic mass is 32.2. The SMILES string of the molecule is CCCNc1ncc(S(=O)(=O)NCc2ccco2)cn1. The third-order valence-corrected chi connectivity index (χ3v) is 3.84. The van der Waals surface area contributed by atoms with Crippen molar-refractivity contribution < 1.29 is 12.8 Å². The van der Waals surface area contributed by atoms with E-state index in [9.17, 15) is 8.42 Å². The summed E-state index contributed by atoms with van der Waals surface area (Å²) in [5.41, 5.74) is 0. The summed E-state index contributed by atoms with van der Waals surface area (Å²) in [6, 6.07) is 3.39. The number of rotatable bonds is 7. The molecule has 2 heterocycles. The Morgan fingerprint density at radius 1 is 1.30 bits per heavy atom. The van der Waals surface area contributed by atoms with Crippen molar-refractivity contribution in [2.45, 2.75) is 24.8 Å². The third kappa shape index (κ3) is 3.78. The lowest BCUT2D eigenvalue weighted by Gasteiger charge is -2.06. The first-order valence-electron chi connectivity index (χ1n) is 6.20. The van der Waals surface area contributed by atoms with Crippen LogP contribution in [0.4, 0.5) is 5.95 Å². The van der Waals surface area contributed by atoms with Crippen LogP contribution in [-0.4, -0.2) is 24.9 Å². The minimum Gasteiger partial charge on any atom is -0.468 e. The Labute approximate surface area is 117 Å². The van der Waals surface area contributed by atoms with E-state index in [2.05, 4.69) is 20.0 Å². The van der Waals surface area contributed by atoms with Gasteiger partial charge in [0.15, 0.2) is 0 Å². The van der Waals surface area contributed by atoms with Gasteiger partial charge in [0, 0.05) is 6.54 Å². The Morgan fingerprint density at radius 2 is 2.05 bits per heavy atom. The van der Waals surface area contributed by atoms with Crippen molar-refractivity contribution in [2.75, 3.05) is 11.9 Å². The van der Waals surface area contributed by atoms with Crippen molar-refractivity contribution in [1.82, 2.24) is 14.7 Å². The van der Waals surface area contributed by atoms with Gasteiger partial charge in [0.2, 0.25) is 16.0 Å². The molecule has 0 amide bonds. The number of aromatic nitrogens is 2. The van der Waals surface area contributed by atoms with E-state index in [0.717, 1.165) is 13.0 Å². The van der Waals surface area contributed by atoms with Gasteiger partial charge in [-0.25, -0.2) is 23.1 Å². The lowest BCUT2D eigenvalue weighted by Crippen LogP contribution is -2.23. The molecule has 0 aliphatic heterocycles. The second-order valence-corrected chi connectivity index (χ2v) is 5.84. The lowest BCUT2D eigenvalue weighted by molar-refractivity contribution is 0.498. The molecular formula is C12H16N4O3S. The van der Waals surface area contributed by atoms with E-state index >= 15 is 0 Å². The maximum absolute atomic E-state index is 12.0. The molecule has 0 aliphatic rings. The van der Waals surface area contributed by atoms with Crippen molar-refractivity contribution in [3.63, 3.8) is 0 Å². The van der Waals surface area contributed by atoms with Crippen molar-refractivity contribution >= 4 is 16.0 Å². The first-order chi connectivity index (χ1) is 9.62. The second kappa shape index (κ2) is 6.49. The fourth-order valence-corrected chi connectivity index (χ4v) is 2.33. The molecule has 2 rings (SSSR count). The Bertz CT molecular complexity index is 623. The zero-order valence-electron chi connectivity index (χ0n) is 11.0. The van der Waals surface area contributed by atoms with Gasteiger partial charge >= 0.3 is 0 Å². The Hall–Kier alpha value is -1.93. The number of anilines is 1. The fourth-order valence-electron chi connectivity index (χ4n) is 1.45. The van der Waals surface area contributed by atoms with Crippen molar-refractivity contribution in [3.8, 4) is 0 Å². The molecule has 0 radical (unpaired) electrons. The zero-order chi connectivity index (χ0) is 14.4. The van der Waals surface area contributed by atoms with Crippen molar-refractivity contribution in [1.29, 1.82) is 0 Å². The van der Waals surface area contributed by atoms with Crippen LogP contribution in [0, 0.1) is 0 Å². The normalized spacial score (nSPS) is 11.4. The average Bonchev–Trinajstić information content (AvgIpc) is 2.97. The van der Waals surface area contributed by atoms with Gasteiger partial charge in [-0.2, -0.15) is 0 Å². The molecule has 0 aliphatic carbocycles. The zero-order valence-corrected chi connectivity index (χ0v) is 11.9. The van der Waals surface area contributed by atoms with Crippen LogP contribution in [0.3, 0.4) is 0 Å². The molecule has 0 bridgehead atoms. The number of hydrogen-bond donors (Lipinski definition) is 2. The summed E-state index contributed by atoms with van der Waals surface area (Å²) >= 11 is 0. The van der Waals surface area contributed by atoms with Crippen LogP contribution in [0.5, 0.6) is 0 Å². The quantitative estimate of drug-likeness (QED) is 0.801. The first-order valence-corrected chi connectivity index (χ1v) is 7.68. The molecule has 0 atom stereocenters. The number of sulfonamides is 1. The highest BCUT2D eigenvalue weighted by Gasteiger charge is 2.15. The van der Waals surface area contributed by atoms with Gasteiger partial charge in [0.25, 0.3) is 0 Å². The summed E-state index contributed by atoms with van der Waals surface area (Å²) in [5.74, 6) is 0.951. The summed E-state index contributed by atoms with van der Waals surface area (Å²) in [4.78, 5) is 7.94. The van der Waals surface area contributed by atoms with E-state index in [4.69, 9.17) is 4.42 Å². The molecule has 8 heteroatoms. The van der Waals surface area contributed by atoms with E-state index in [1.54, 1.807) is 12.1 Å². The van der Waals surface area contributed by atoms with Crippen molar-refractivity contribution in [3.05, 3.63) is 36.5 Å². The van der Waals surface area contributed by atoms with E-state index in [0.29, 0.717) is 11.7 Å². The molecule has 108 valence electrons. The number of nitrogens with zero attached hydrogens (tertiary/aromatic N) is 2. The predicted molar refractivity (Wildman–Crippen MR) is 73.5 cm³/mol.